The summed E-state index contributed by atoms with van der Waals surface area (Å²) in [6.07, 6.45) is 3.51. The van der Waals surface area contributed by atoms with E-state index in [1.165, 1.54) is 5.56 Å². The molecule has 1 aromatic heterocycles. The van der Waals surface area contributed by atoms with Gasteiger partial charge in [-0.15, -0.1) is 0 Å². The smallest absolute Gasteiger partial charge is 0.253 e. The van der Waals surface area contributed by atoms with E-state index in [0.717, 1.165) is 15.6 Å². The summed E-state index contributed by atoms with van der Waals surface area (Å²) >= 11 is 3.44. The molecule has 120 valence electrons. The summed E-state index contributed by atoms with van der Waals surface area (Å²) in [4.78, 5) is 16.9. The molecule has 2 aromatic carbocycles. The molecule has 4 heteroatoms. The number of benzene rings is 2. The zero-order chi connectivity index (χ0) is 16.9. The van der Waals surface area contributed by atoms with E-state index in [0.29, 0.717) is 5.56 Å². The molecule has 1 heterocycles. The van der Waals surface area contributed by atoms with E-state index < -0.39 is 0 Å². The van der Waals surface area contributed by atoms with Gasteiger partial charge < -0.3 is 5.32 Å². The highest BCUT2D eigenvalue weighted by Crippen LogP contribution is 2.24. The summed E-state index contributed by atoms with van der Waals surface area (Å²) in [7, 11) is 0. The normalized spacial score (nSPS) is 11.8. The van der Waals surface area contributed by atoms with Crippen molar-refractivity contribution in [3.05, 3.63) is 99.8 Å². The third-order valence-electron chi connectivity index (χ3n) is 3.82. The molecule has 3 nitrogen and oxygen atoms in total. The lowest BCUT2D eigenvalue weighted by Gasteiger charge is -2.20. The Balaban J connectivity index is 1.95. The van der Waals surface area contributed by atoms with Crippen molar-refractivity contribution in [1.82, 2.24) is 10.3 Å². The molecule has 0 aliphatic heterocycles. The number of aryl methyl sites for hydroxylation is 1. The van der Waals surface area contributed by atoms with Gasteiger partial charge in [0.2, 0.25) is 0 Å². The maximum absolute atomic E-state index is 12.7. The van der Waals surface area contributed by atoms with Crippen molar-refractivity contribution in [1.29, 1.82) is 0 Å². The number of carbonyl (C=O) groups excluding carboxylic acids is 1. The number of aromatic nitrogens is 1. The van der Waals surface area contributed by atoms with Crippen LogP contribution in [0.5, 0.6) is 0 Å². The van der Waals surface area contributed by atoms with Gasteiger partial charge in [0.05, 0.1) is 11.6 Å². The Labute approximate surface area is 149 Å². The van der Waals surface area contributed by atoms with Gasteiger partial charge in [-0.1, -0.05) is 48.0 Å². The molecule has 0 spiro atoms. The first-order chi connectivity index (χ1) is 11.6. The first-order valence-electron chi connectivity index (χ1n) is 7.67. The van der Waals surface area contributed by atoms with Crippen LogP contribution < -0.4 is 5.32 Å². The summed E-state index contributed by atoms with van der Waals surface area (Å²) in [5.41, 5.74) is 3.76. The third kappa shape index (κ3) is 3.71. The van der Waals surface area contributed by atoms with E-state index >= 15 is 0 Å². The molecule has 1 atom stereocenters. The van der Waals surface area contributed by atoms with Crippen LogP contribution in [0.1, 0.15) is 33.1 Å². The van der Waals surface area contributed by atoms with Crippen molar-refractivity contribution >= 4 is 21.8 Å². The number of nitrogens with zero attached hydrogens (tertiary/aromatic N) is 1. The van der Waals surface area contributed by atoms with Crippen molar-refractivity contribution < 1.29 is 4.79 Å². The van der Waals surface area contributed by atoms with Crippen LogP contribution in [0.2, 0.25) is 0 Å². The second-order valence-corrected chi connectivity index (χ2v) is 6.44. The van der Waals surface area contributed by atoms with Crippen LogP contribution in [-0.4, -0.2) is 10.9 Å². The standard InChI is InChI=1S/C20H17BrN2O/c1-14-8-10-15(11-9-14)19(16-5-4-12-22-13-16)23-20(24)17-6-2-3-7-18(17)21/h2-13,19H,1H3,(H,23,24)/t19-/m1/s1. The number of carbonyl (C=O) groups is 1. The molecular weight excluding hydrogens is 364 g/mol. The zero-order valence-electron chi connectivity index (χ0n) is 13.2. The number of hydrogen-bond acceptors (Lipinski definition) is 2. The SMILES string of the molecule is Cc1ccc([C@@H](NC(=O)c2ccccc2Br)c2cccnc2)cc1. The van der Waals surface area contributed by atoms with Gasteiger partial charge in [0.15, 0.2) is 0 Å². The van der Waals surface area contributed by atoms with Crippen LogP contribution in [0.4, 0.5) is 0 Å². The molecule has 3 rings (SSSR count). The number of nitrogens with one attached hydrogen (secondary N) is 1. The van der Waals surface area contributed by atoms with Crippen LogP contribution in [0.25, 0.3) is 0 Å². The molecule has 0 aliphatic rings. The van der Waals surface area contributed by atoms with Gasteiger partial charge in [-0.2, -0.15) is 0 Å². The van der Waals surface area contributed by atoms with E-state index in [-0.39, 0.29) is 11.9 Å². The average Bonchev–Trinajstić information content (AvgIpc) is 2.61. The fourth-order valence-corrected chi connectivity index (χ4v) is 2.98. The molecule has 1 amide bonds. The van der Waals surface area contributed by atoms with Crippen LogP contribution in [0, 0.1) is 6.92 Å². The molecule has 0 bridgehead atoms. The number of amides is 1. The Morgan fingerprint density at radius 2 is 1.75 bits per heavy atom. The van der Waals surface area contributed by atoms with Crippen LogP contribution in [0.15, 0.2) is 77.5 Å². The van der Waals surface area contributed by atoms with Crippen LogP contribution >= 0.6 is 15.9 Å². The zero-order valence-corrected chi connectivity index (χ0v) is 14.8. The predicted octanol–water partition coefficient (Wildman–Crippen LogP) is 4.67. The van der Waals surface area contributed by atoms with Gasteiger partial charge in [-0.05, 0) is 52.2 Å². The second kappa shape index (κ2) is 7.41. The Morgan fingerprint density at radius 3 is 2.42 bits per heavy atom. The molecule has 24 heavy (non-hydrogen) atoms. The van der Waals surface area contributed by atoms with Crippen molar-refractivity contribution in [3.63, 3.8) is 0 Å². The minimum Gasteiger partial charge on any atom is -0.341 e. The van der Waals surface area contributed by atoms with Crippen LogP contribution in [0.3, 0.4) is 0 Å². The summed E-state index contributed by atoms with van der Waals surface area (Å²) in [6.45, 7) is 2.04. The number of rotatable bonds is 4. The Bertz CT molecular complexity index is 832. The molecule has 0 radical (unpaired) electrons. The van der Waals surface area contributed by atoms with E-state index in [1.54, 1.807) is 18.5 Å². The molecule has 3 aromatic rings. The highest BCUT2D eigenvalue weighted by molar-refractivity contribution is 9.10. The van der Waals surface area contributed by atoms with Gasteiger partial charge in [0.25, 0.3) is 5.91 Å². The van der Waals surface area contributed by atoms with E-state index in [1.807, 2.05) is 61.5 Å². The van der Waals surface area contributed by atoms with Crippen LogP contribution in [-0.2, 0) is 0 Å². The molecule has 0 aliphatic carbocycles. The monoisotopic (exact) mass is 380 g/mol. The molecule has 0 unspecified atom stereocenters. The van der Waals surface area contributed by atoms with Gasteiger partial charge in [-0.3, -0.25) is 9.78 Å². The van der Waals surface area contributed by atoms with Crippen molar-refractivity contribution in [2.75, 3.05) is 0 Å². The maximum atomic E-state index is 12.7. The first-order valence-corrected chi connectivity index (χ1v) is 8.46. The largest absolute Gasteiger partial charge is 0.341 e. The van der Waals surface area contributed by atoms with Crippen molar-refractivity contribution in [2.24, 2.45) is 0 Å². The summed E-state index contributed by atoms with van der Waals surface area (Å²) < 4.78 is 0.774. The lowest BCUT2D eigenvalue weighted by Crippen LogP contribution is -2.29. The minimum atomic E-state index is -0.251. The fraction of sp³-hybridized carbons (Fsp3) is 0.100. The van der Waals surface area contributed by atoms with E-state index in [2.05, 4.69) is 26.2 Å². The van der Waals surface area contributed by atoms with Gasteiger partial charge in [0, 0.05) is 16.9 Å². The second-order valence-electron chi connectivity index (χ2n) is 5.58. The molecular formula is C20H17BrN2O. The highest BCUT2D eigenvalue weighted by atomic mass is 79.9. The molecule has 0 saturated heterocycles. The summed E-state index contributed by atoms with van der Waals surface area (Å²) in [6, 6.07) is 19.2. The maximum Gasteiger partial charge on any atom is 0.253 e. The third-order valence-corrected chi connectivity index (χ3v) is 4.51. The fourth-order valence-electron chi connectivity index (χ4n) is 2.52. The Morgan fingerprint density at radius 1 is 1.00 bits per heavy atom. The van der Waals surface area contributed by atoms with E-state index in [9.17, 15) is 4.79 Å². The Kier molecular flexibility index (Phi) is 5.06. The quantitative estimate of drug-likeness (QED) is 0.714. The lowest BCUT2D eigenvalue weighted by molar-refractivity contribution is 0.0942. The van der Waals surface area contributed by atoms with Gasteiger partial charge >= 0.3 is 0 Å². The Hall–Kier alpha value is -2.46. The molecule has 0 fully saturated rings. The van der Waals surface area contributed by atoms with Gasteiger partial charge in [-0.25, -0.2) is 0 Å². The highest BCUT2D eigenvalue weighted by Gasteiger charge is 2.19. The summed E-state index contributed by atoms with van der Waals surface area (Å²) in [5.74, 6) is -0.128. The first kappa shape index (κ1) is 16.4. The topological polar surface area (TPSA) is 42.0 Å². The van der Waals surface area contributed by atoms with Gasteiger partial charge in [0.1, 0.15) is 0 Å². The average molecular weight is 381 g/mol. The van der Waals surface area contributed by atoms with Crippen molar-refractivity contribution in [2.45, 2.75) is 13.0 Å². The molecule has 0 saturated carbocycles. The van der Waals surface area contributed by atoms with E-state index in [4.69, 9.17) is 0 Å². The molecule has 1 N–H and O–H groups in total. The summed E-state index contributed by atoms with van der Waals surface area (Å²) in [5, 5.41) is 3.12. The number of hydrogen-bond donors (Lipinski definition) is 1. The minimum absolute atomic E-state index is 0.128. The number of pyridine rings is 1. The predicted molar refractivity (Wildman–Crippen MR) is 98.9 cm³/mol. The lowest BCUT2D eigenvalue weighted by atomic mass is 9.98. The van der Waals surface area contributed by atoms with Crippen molar-refractivity contribution in [3.8, 4) is 0 Å². The number of halogens is 1.